The van der Waals surface area contributed by atoms with Gasteiger partial charge in [0.2, 0.25) is 5.82 Å². The molecule has 0 unspecified atom stereocenters. The summed E-state index contributed by atoms with van der Waals surface area (Å²) in [6, 6.07) is 3.95. The van der Waals surface area contributed by atoms with E-state index in [0.717, 1.165) is 18.9 Å². The molecule has 6 nitrogen and oxygen atoms in total. The molecule has 2 aliphatic rings. The lowest BCUT2D eigenvalue weighted by atomic mass is 9.81. The molecule has 3 rings (SSSR count). The van der Waals surface area contributed by atoms with Crippen molar-refractivity contribution in [1.82, 2.24) is 0 Å². The molecular weight excluding hydrogens is 279 g/mol. The highest BCUT2D eigenvalue weighted by molar-refractivity contribution is 5.79. The van der Waals surface area contributed by atoms with E-state index in [1.165, 1.54) is 12.1 Å². The highest BCUT2D eigenvalue weighted by Gasteiger charge is 2.55. The highest BCUT2D eigenvalue weighted by atomic mass is 19.1. The minimum absolute atomic E-state index is 0.0297. The van der Waals surface area contributed by atoms with Crippen molar-refractivity contribution >= 4 is 17.3 Å². The maximum absolute atomic E-state index is 13.7. The molecule has 0 radical (unpaired) electrons. The van der Waals surface area contributed by atoms with Crippen LogP contribution in [0.4, 0.5) is 15.8 Å². The van der Waals surface area contributed by atoms with Crippen LogP contribution < -0.4 is 4.90 Å². The van der Waals surface area contributed by atoms with Crippen LogP contribution in [0.15, 0.2) is 18.2 Å². The third-order valence-electron chi connectivity index (χ3n) is 4.79. The summed E-state index contributed by atoms with van der Waals surface area (Å²) in [6.07, 6.45) is 2.23. The lowest BCUT2D eigenvalue weighted by molar-refractivity contribution is -0.386. The molecule has 112 valence electrons. The standard InChI is InChI=1S/C14H15FN2O4/c15-10-4-1-5-11(12(10)17(20)21)16-7-9-3-2-6-14(9,8-16)13(18)19/h1,4-5,9H,2-3,6-8H2,(H,18,19)/t9-,14+/m0/s1. The van der Waals surface area contributed by atoms with Crippen molar-refractivity contribution in [2.24, 2.45) is 11.3 Å². The molecule has 1 heterocycles. The molecular formula is C14H15FN2O4. The second-order valence-electron chi connectivity index (χ2n) is 5.80. The number of nitrogens with zero attached hydrogens (tertiary/aromatic N) is 2. The number of nitro benzene ring substituents is 1. The average molecular weight is 294 g/mol. The lowest BCUT2D eigenvalue weighted by Gasteiger charge is -2.24. The summed E-state index contributed by atoms with van der Waals surface area (Å²) in [5, 5.41) is 20.6. The normalized spacial score (nSPS) is 27.7. The van der Waals surface area contributed by atoms with Crippen molar-refractivity contribution in [3.05, 3.63) is 34.1 Å². The van der Waals surface area contributed by atoms with Crippen molar-refractivity contribution in [3.8, 4) is 0 Å². The van der Waals surface area contributed by atoms with Crippen LogP contribution in [0.2, 0.25) is 0 Å². The molecule has 0 amide bonds. The fraction of sp³-hybridized carbons (Fsp3) is 0.500. The smallest absolute Gasteiger partial charge is 0.327 e. The maximum atomic E-state index is 13.7. The summed E-state index contributed by atoms with van der Waals surface area (Å²) in [4.78, 5) is 23.6. The van der Waals surface area contributed by atoms with E-state index in [1.54, 1.807) is 4.90 Å². The number of fused-ring (bicyclic) bond motifs is 1. The van der Waals surface area contributed by atoms with Crippen LogP contribution >= 0.6 is 0 Å². The number of carbonyl (C=O) groups is 1. The minimum atomic E-state index is -0.890. The Kier molecular flexibility index (Phi) is 3.07. The van der Waals surface area contributed by atoms with Gasteiger partial charge in [0.05, 0.1) is 10.3 Å². The Balaban J connectivity index is 1.99. The molecule has 1 saturated carbocycles. The second kappa shape index (κ2) is 4.68. The van der Waals surface area contributed by atoms with E-state index >= 15 is 0 Å². The molecule has 7 heteroatoms. The van der Waals surface area contributed by atoms with E-state index in [0.29, 0.717) is 13.0 Å². The molecule has 1 saturated heterocycles. The zero-order valence-electron chi connectivity index (χ0n) is 11.3. The summed E-state index contributed by atoms with van der Waals surface area (Å²) in [5.41, 5.74) is -1.24. The highest BCUT2D eigenvalue weighted by Crippen LogP contribution is 2.50. The lowest BCUT2D eigenvalue weighted by Crippen LogP contribution is -2.35. The van der Waals surface area contributed by atoms with Crippen LogP contribution in [0, 0.1) is 27.3 Å². The van der Waals surface area contributed by atoms with Crippen molar-refractivity contribution in [2.75, 3.05) is 18.0 Å². The van der Waals surface area contributed by atoms with E-state index in [4.69, 9.17) is 0 Å². The Labute approximate surface area is 120 Å². The molecule has 21 heavy (non-hydrogen) atoms. The summed E-state index contributed by atoms with van der Waals surface area (Å²) in [6.45, 7) is 0.633. The van der Waals surface area contributed by atoms with Gasteiger partial charge in [0.15, 0.2) is 0 Å². The van der Waals surface area contributed by atoms with Gasteiger partial charge in [0, 0.05) is 13.1 Å². The first kappa shape index (κ1) is 13.8. The minimum Gasteiger partial charge on any atom is -0.481 e. The first-order valence-corrected chi connectivity index (χ1v) is 6.87. The monoisotopic (exact) mass is 294 g/mol. The molecule has 1 aromatic rings. The number of nitro groups is 1. The van der Waals surface area contributed by atoms with E-state index in [1.807, 2.05) is 0 Å². The number of hydrogen-bond acceptors (Lipinski definition) is 4. The number of halogens is 1. The number of carboxylic acids is 1. The van der Waals surface area contributed by atoms with Crippen molar-refractivity contribution in [1.29, 1.82) is 0 Å². The van der Waals surface area contributed by atoms with Crippen LogP contribution in [-0.2, 0) is 4.79 Å². The van der Waals surface area contributed by atoms with Crippen molar-refractivity contribution < 1.29 is 19.2 Å². The topological polar surface area (TPSA) is 83.7 Å². The number of rotatable bonds is 3. The molecule has 0 aromatic heterocycles. The van der Waals surface area contributed by atoms with Gasteiger partial charge < -0.3 is 10.0 Å². The van der Waals surface area contributed by atoms with Gasteiger partial charge in [0.1, 0.15) is 5.69 Å². The summed E-state index contributed by atoms with van der Waals surface area (Å²) >= 11 is 0. The van der Waals surface area contributed by atoms with Crippen LogP contribution in [0.1, 0.15) is 19.3 Å². The first-order chi connectivity index (χ1) is 9.95. The number of anilines is 1. The van der Waals surface area contributed by atoms with Gasteiger partial charge >= 0.3 is 11.7 Å². The Morgan fingerprint density at radius 3 is 2.90 bits per heavy atom. The van der Waals surface area contributed by atoms with Crippen molar-refractivity contribution in [3.63, 3.8) is 0 Å². The quantitative estimate of drug-likeness (QED) is 0.683. The Hall–Kier alpha value is -2.18. The van der Waals surface area contributed by atoms with Gasteiger partial charge in [-0.05, 0) is 30.9 Å². The van der Waals surface area contributed by atoms with Gasteiger partial charge in [0.25, 0.3) is 0 Å². The number of carboxylic acid groups (broad SMARTS) is 1. The zero-order chi connectivity index (χ0) is 15.2. The third-order valence-corrected chi connectivity index (χ3v) is 4.79. The van der Waals surface area contributed by atoms with E-state index in [2.05, 4.69) is 0 Å². The number of hydrogen-bond donors (Lipinski definition) is 1. The Morgan fingerprint density at radius 1 is 1.52 bits per heavy atom. The second-order valence-corrected chi connectivity index (χ2v) is 5.80. The predicted molar refractivity (Wildman–Crippen MR) is 72.7 cm³/mol. The Morgan fingerprint density at radius 2 is 2.29 bits per heavy atom. The summed E-state index contributed by atoms with van der Waals surface area (Å²) in [5.74, 6) is -1.77. The third kappa shape index (κ3) is 1.95. The van der Waals surface area contributed by atoms with Crippen LogP contribution in [-0.4, -0.2) is 29.1 Å². The van der Waals surface area contributed by atoms with E-state index < -0.39 is 27.8 Å². The molecule has 1 aliphatic carbocycles. The van der Waals surface area contributed by atoms with Gasteiger partial charge in [-0.2, -0.15) is 4.39 Å². The molecule has 2 fully saturated rings. The first-order valence-electron chi connectivity index (χ1n) is 6.87. The van der Waals surface area contributed by atoms with Gasteiger partial charge in [-0.1, -0.05) is 12.5 Å². The van der Waals surface area contributed by atoms with Crippen LogP contribution in [0.5, 0.6) is 0 Å². The van der Waals surface area contributed by atoms with Crippen LogP contribution in [0.3, 0.4) is 0 Å². The van der Waals surface area contributed by atoms with E-state index in [-0.39, 0.29) is 18.2 Å². The van der Waals surface area contributed by atoms with E-state index in [9.17, 15) is 24.4 Å². The van der Waals surface area contributed by atoms with Gasteiger partial charge in [-0.3, -0.25) is 14.9 Å². The largest absolute Gasteiger partial charge is 0.481 e. The predicted octanol–water partition coefficient (Wildman–Crippen LogP) is 2.43. The average Bonchev–Trinajstić information content (AvgIpc) is 2.95. The molecule has 1 N–H and O–H groups in total. The molecule has 1 aliphatic heterocycles. The number of para-hydroxylation sites is 1. The Bertz CT molecular complexity index is 621. The SMILES string of the molecule is O=C(O)[C@@]12CCC[C@H]1CN(c1cccc(F)c1[N+](=O)[O-])C2. The number of aliphatic carboxylic acids is 1. The fourth-order valence-electron chi connectivity index (χ4n) is 3.76. The number of benzene rings is 1. The van der Waals surface area contributed by atoms with Crippen LogP contribution in [0.25, 0.3) is 0 Å². The molecule has 0 spiro atoms. The van der Waals surface area contributed by atoms with Gasteiger partial charge in [-0.25, -0.2) is 0 Å². The molecule has 0 bridgehead atoms. The van der Waals surface area contributed by atoms with Gasteiger partial charge in [-0.15, -0.1) is 0 Å². The summed E-state index contributed by atoms with van der Waals surface area (Å²) < 4.78 is 13.7. The summed E-state index contributed by atoms with van der Waals surface area (Å²) in [7, 11) is 0. The molecule has 2 atom stereocenters. The zero-order valence-corrected chi connectivity index (χ0v) is 11.3. The fourth-order valence-corrected chi connectivity index (χ4v) is 3.76. The van der Waals surface area contributed by atoms with Crippen molar-refractivity contribution in [2.45, 2.75) is 19.3 Å². The maximum Gasteiger partial charge on any atom is 0.327 e. The molecule has 1 aromatic carbocycles.